The zero-order valence-corrected chi connectivity index (χ0v) is 11.8. The van der Waals surface area contributed by atoms with Crippen LogP contribution in [0.4, 0.5) is 5.69 Å². The Labute approximate surface area is 119 Å². The third-order valence-corrected chi connectivity index (χ3v) is 3.20. The van der Waals surface area contributed by atoms with E-state index in [0.29, 0.717) is 39.6 Å². The van der Waals surface area contributed by atoms with Crippen molar-refractivity contribution in [3.8, 4) is 0 Å². The zero-order valence-electron chi connectivity index (χ0n) is 11.0. The summed E-state index contributed by atoms with van der Waals surface area (Å²) in [4.78, 5) is 2.25. The van der Waals surface area contributed by atoms with E-state index in [0.717, 1.165) is 23.8 Å². The summed E-state index contributed by atoms with van der Waals surface area (Å²) in [5.74, 6) is 0. The van der Waals surface area contributed by atoms with Gasteiger partial charge >= 0.3 is 0 Å². The largest absolute Gasteiger partial charge is 0.377 e. The molecule has 5 heteroatoms. The summed E-state index contributed by atoms with van der Waals surface area (Å²) in [5.41, 5.74) is 1.14. The van der Waals surface area contributed by atoms with Crippen molar-refractivity contribution in [2.24, 2.45) is 0 Å². The van der Waals surface area contributed by atoms with Crippen molar-refractivity contribution in [3.63, 3.8) is 0 Å². The molecule has 0 bridgehead atoms. The lowest BCUT2D eigenvalue weighted by Crippen LogP contribution is -2.32. The summed E-state index contributed by atoms with van der Waals surface area (Å²) in [5, 5.41) is 0.753. The van der Waals surface area contributed by atoms with Crippen LogP contribution in [0.5, 0.6) is 0 Å². The van der Waals surface area contributed by atoms with E-state index < -0.39 is 0 Å². The highest BCUT2D eigenvalue weighted by atomic mass is 35.5. The first-order chi connectivity index (χ1) is 9.36. The number of anilines is 1. The standard InChI is InChI=1S/C14H20ClNO3/c15-13-1-3-14(4-2-13)16-5-7-17-9-11-19-12-10-18-8-6-16/h1-4H,5-12H2. The van der Waals surface area contributed by atoms with Gasteiger partial charge in [0.1, 0.15) is 0 Å². The van der Waals surface area contributed by atoms with Crippen LogP contribution in [0.3, 0.4) is 0 Å². The van der Waals surface area contributed by atoms with Gasteiger partial charge in [-0.25, -0.2) is 0 Å². The van der Waals surface area contributed by atoms with Crippen molar-refractivity contribution in [1.82, 2.24) is 0 Å². The number of hydrogen-bond acceptors (Lipinski definition) is 4. The maximum atomic E-state index is 5.91. The van der Waals surface area contributed by atoms with E-state index in [1.165, 1.54) is 0 Å². The van der Waals surface area contributed by atoms with Crippen LogP contribution < -0.4 is 4.90 Å². The van der Waals surface area contributed by atoms with Gasteiger partial charge in [0.2, 0.25) is 0 Å². The monoisotopic (exact) mass is 285 g/mol. The minimum Gasteiger partial charge on any atom is -0.377 e. The fourth-order valence-electron chi connectivity index (χ4n) is 1.91. The summed E-state index contributed by atoms with van der Waals surface area (Å²) in [6.45, 7) is 5.57. The smallest absolute Gasteiger partial charge is 0.0701 e. The SMILES string of the molecule is Clc1ccc(N2CCOCCOCCOCC2)cc1. The number of nitrogens with zero attached hydrogens (tertiary/aromatic N) is 1. The lowest BCUT2D eigenvalue weighted by atomic mass is 10.3. The Morgan fingerprint density at radius 1 is 0.737 bits per heavy atom. The van der Waals surface area contributed by atoms with Gasteiger partial charge in [0.05, 0.1) is 39.6 Å². The molecule has 0 aliphatic carbocycles. The molecule has 4 nitrogen and oxygen atoms in total. The predicted octanol–water partition coefficient (Wildman–Crippen LogP) is 2.21. The maximum absolute atomic E-state index is 5.91. The molecule has 0 amide bonds. The van der Waals surface area contributed by atoms with Gasteiger partial charge in [0.25, 0.3) is 0 Å². The van der Waals surface area contributed by atoms with Crippen molar-refractivity contribution in [2.75, 3.05) is 57.6 Å². The highest BCUT2D eigenvalue weighted by Gasteiger charge is 2.07. The Kier molecular flexibility index (Phi) is 6.44. The quantitative estimate of drug-likeness (QED) is 0.792. The van der Waals surface area contributed by atoms with E-state index in [1.54, 1.807) is 0 Å². The van der Waals surface area contributed by atoms with Gasteiger partial charge in [0, 0.05) is 23.8 Å². The number of benzene rings is 1. The second-order valence-electron chi connectivity index (χ2n) is 4.30. The molecular formula is C14H20ClNO3. The average Bonchev–Trinajstić information content (AvgIpc) is 2.41. The highest BCUT2D eigenvalue weighted by Crippen LogP contribution is 2.17. The van der Waals surface area contributed by atoms with Crippen LogP contribution >= 0.6 is 11.6 Å². The molecule has 2 rings (SSSR count). The molecule has 1 heterocycles. The van der Waals surface area contributed by atoms with Crippen LogP contribution in [0, 0.1) is 0 Å². The molecule has 0 radical (unpaired) electrons. The number of halogens is 1. The van der Waals surface area contributed by atoms with Gasteiger partial charge in [-0.3, -0.25) is 0 Å². The van der Waals surface area contributed by atoms with Crippen molar-refractivity contribution >= 4 is 17.3 Å². The number of hydrogen-bond donors (Lipinski definition) is 0. The minimum absolute atomic E-state index is 0.629. The topological polar surface area (TPSA) is 30.9 Å². The van der Waals surface area contributed by atoms with Crippen LogP contribution in [0.25, 0.3) is 0 Å². The van der Waals surface area contributed by atoms with Gasteiger partial charge in [-0.05, 0) is 24.3 Å². The molecule has 0 saturated carbocycles. The molecule has 1 fully saturated rings. The molecule has 1 aromatic rings. The second kappa shape index (κ2) is 8.38. The molecular weight excluding hydrogens is 266 g/mol. The molecule has 19 heavy (non-hydrogen) atoms. The first kappa shape index (κ1) is 14.6. The normalized spacial score (nSPS) is 19.5. The predicted molar refractivity (Wildman–Crippen MR) is 76.1 cm³/mol. The molecule has 1 aliphatic rings. The van der Waals surface area contributed by atoms with Crippen LogP contribution in [0.15, 0.2) is 24.3 Å². The molecule has 1 saturated heterocycles. The molecule has 0 unspecified atom stereocenters. The fourth-order valence-corrected chi connectivity index (χ4v) is 2.04. The van der Waals surface area contributed by atoms with Crippen molar-refractivity contribution in [1.29, 1.82) is 0 Å². The Bertz CT molecular complexity index is 346. The fraction of sp³-hybridized carbons (Fsp3) is 0.571. The number of rotatable bonds is 1. The summed E-state index contributed by atoms with van der Waals surface area (Å²) in [6.07, 6.45) is 0. The molecule has 0 atom stereocenters. The van der Waals surface area contributed by atoms with E-state index in [4.69, 9.17) is 25.8 Å². The first-order valence-corrected chi connectivity index (χ1v) is 6.98. The third kappa shape index (κ3) is 5.37. The zero-order chi connectivity index (χ0) is 13.3. The maximum Gasteiger partial charge on any atom is 0.0701 e. The molecule has 0 spiro atoms. The molecule has 0 N–H and O–H groups in total. The van der Waals surface area contributed by atoms with Crippen molar-refractivity contribution in [3.05, 3.63) is 29.3 Å². The molecule has 106 valence electrons. The molecule has 0 aromatic heterocycles. The van der Waals surface area contributed by atoms with Crippen LogP contribution in [0.1, 0.15) is 0 Å². The number of ether oxygens (including phenoxy) is 3. The molecule has 1 aliphatic heterocycles. The Morgan fingerprint density at radius 2 is 1.21 bits per heavy atom. The summed E-state index contributed by atoms with van der Waals surface area (Å²) < 4.78 is 16.4. The van der Waals surface area contributed by atoms with E-state index in [-0.39, 0.29) is 0 Å². The van der Waals surface area contributed by atoms with Crippen LogP contribution in [0.2, 0.25) is 5.02 Å². The summed E-state index contributed by atoms with van der Waals surface area (Å²) in [7, 11) is 0. The minimum atomic E-state index is 0.629. The van der Waals surface area contributed by atoms with Gasteiger partial charge in [-0.15, -0.1) is 0 Å². The summed E-state index contributed by atoms with van der Waals surface area (Å²) >= 11 is 5.91. The summed E-state index contributed by atoms with van der Waals surface area (Å²) in [6, 6.07) is 7.86. The van der Waals surface area contributed by atoms with Crippen molar-refractivity contribution < 1.29 is 14.2 Å². The van der Waals surface area contributed by atoms with E-state index in [9.17, 15) is 0 Å². The van der Waals surface area contributed by atoms with Crippen LogP contribution in [-0.2, 0) is 14.2 Å². The Morgan fingerprint density at radius 3 is 1.74 bits per heavy atom. The van der Waals surface area contributed by atoms with Gasteiger partial charge in [-0.1, -0.05) is 11.6 Å². The van der Waals surface area contributed by atoms with Crippen LogP contribution in [-0.4, -0.2) is 52.7 Å². The van der Waals surface area contributed by atoms with E-state index in [2.05, 4.69) is 4.90 Å². The second-order valence-corrected chi connectivity index (χ2v) is 4.74. The first-order valence-electron chi connectivity index (χ1n) is 6.60. The average molecular weight is 286 g/mol. The molecule has 1 aromatic carbocycles. The van der Waals surface area contributed by atoms with E-state index >= 15 is 0 Å². The van der Waals surface area contributed by atoms with Gasteiger partial charge in [-0.2, -0.15) is 0 Å². The lowest BCUT2D eigenvalue weighted by molar-refractivity contribution is 0.0126. The lowest BCUT2D eigenvalue weighted by Gasteiger charge is -2.25. The Hall–Kier alpha value is -0.810. The Balaban J connectivity index is 1.92. The van der Waals surface area contributed by atoms with Crippen molar-refractivity contribution in [2.45, 2.75) is 0 Å². The highest BCUT2D eigenvalue weighted by molar-refractivity contribution is 6.30. The third-order valence-electron chi connectivity index (χ3n) is 2.95. The van der Waals surface area contributed by atoms with Gasteiger partial charge < -0.3 is 19.1 Å². The van der Waals surface area contributed by atoms with E-state index in [1.807, 2.05) is 24.3 Å². The van der Waals surface area contributed by atoms with Gasteiger partial charge in [0.15, 0.2) is 0 Å².